The average Bonchev–Trinajstić information content (AvgIpc) is 3.91. The minimum Gasteiger partial charge on any atom is -0.480 e. The SMILES string of the molecule is COc1cc(N2CC3CCC(C2)C3Cc2nc(Oc3cccc(Cl)c3)n(C)n2)cnn1.COc1cc(N2CC3CCC(C2)C3N)cnn1.Cn1nc(Br)nc1Oc1cccc(Cl)c1. The highest BCUT2D eigenvalue weighted by Crippen LogP contribution is 2.45. The number of ether oxygens (including phenoxy) is 4. The summed E-state index contributed by atoms with van der Waals surface area (Å²) in [7, 11) is 6.84. The highest BCUT2D eigenvalue weighted by atomic mass is 79.9. The molecule has 2 aliphatic heterocycles. The van der Waals surface area contributed by atoms with Crippen molar-refractivity contribution in [2.75, 3.05) is 50.2 Å². The van der Waals surface area contributed by atoms with Gasteiger partial charge in [0.2, 0.25) is 16.5 Å². The molecule has 0 spiro atoms. The lowest BCUT2D eigenvalue weighted by Gasteiger charge is -2.38. The van der Waals surface area contributed by atoms with E-state index in [2.05, 4.69) is 66.3 Å². The van der Waals surface area contributed by atoms with Crippen LogP contribution >= 0.6 is 39.1 Å². The quantitative estimate of drug-likeness (QED) is 0.143. The number of nitrogens with two attached hydrogens (primary N) is 1. The van der Waals surface area contributed by atoms with Gasteiger partial charge in [-0.05, 0) is 108 Å². The first-order valence-corrected chi connectivity index (χ1v) is 22.4. The third-order valence-corrected chi connectivity index (χ3v) is 13.0. The molecule has 0 amide bonds. The molecule has 63 heavy (non-hydrogen) atoms. The molecule has 4 aromatic heterocycles. The first-order valence-electron chi connectivity index (χ1n) is 20.8. The van der Waals surface area contributed by atoms with Crippen molar-refractivity contribution in [2.24, 2.45) is 49.4 Å². The molecule has 2 saturated carbocycles. The van der Waals surface area contributed by atoms with E-state index in [4.69, 9.17) is 47.9 Å². The Morgan fingerprint density at radius 3 is 1.62 bits per heavy atom. The molecule has 2 N–H and O–H groups in total. The normalized spacial score (nSPS) is 22.1. The number of rotatable bonds is 10. The maximum absolute atomic E-state index is 6.20. The monoisotopic (exact) mass is 961 g/mol. The van der Waals surface area contributed by atoms with Crippen molar-refractivity contribution in [3.63, 3.8) is 0 Å². The zero-order valence-corrected chi connectivity index (χ0v) is 38.6. The van der Waals surface area contributed by atoms with Crippen LogP contribution in [-0.4, -0.2) is 96.4 Å². The molecule has 4 aliphatic rings. The molecular formula is C43H50BrCl2N13O4. The number of piperidine rings is 2. The molecule has 4 atom stereocenters. The molecule has 17 nitrogen and oxygen atoms in total. The van der Waals surface area contributed by atoms with Crippen LogP contribution in [-0.2, 0) is 20.5 Å². The van der Waals surface area contributed by atoms with E-state index < -0.39 is 0 Å². The van der Waals surface area contributed by atoms with E-state index in [9.17, 15) is 0 Å². The molecule has 10 rings (SSSR count). The van der Waals surface area contributed by atoms with E-state index in [0.29, 0.717) is 85.7 Å². The van der Waals surface area contributed by atoms with Crippen LogP contribution in [0.15, 0.2) is 77.8 Å². The standard InChI is InChI=1S/C22H25ClN6O2.C12H18N4O.C9H7BrClN3O/c1-28-22(31-18-5-3-4-16(23)8-18)25-20(27-28)10-19-14-6-7-15(19)13-29(12-14)17-9-21(30-2)26-24-11-17;1-17-11-4-10(5-14-15-11)16-6-8-2-3-9(7-16)12(8)13;1-14-9(12-8(10)13-14)15-7-4-2-3-6(11)5-7/h3-5,8-9,11,14-15,19H,6-7,10,12-13H2,1-2H3;4-5,8-9,12H,2-3,6-7,13H2,1H3;2-5H,1H3. The Bertz CT molecular complexity index is 2450. The van der Waals surface area contributed by atoms with Gasteiger partial charge in [-0.25, -0.2) is 9.36 Å². The van der Waals surface area contributed by atoms with Gasteiger partial charge < -0.3 is 34.5 Å². The maximum Gasteiger partial charge on any atom is 0.321 e. The lowest BCUT2D eigenvalue weighted by Crippen LogP contribution is -2.48. The minimum atomic E-state index is 0.392. The zero-order valence-electron chi connectivity index (χ0n) is 35.5. The number of hydrogen-bond acceptors (Lipinski definition) is 15. The van der Waals surface area contributed by atoms with Gasteiger partial charge >= 0.3 is 12.0 Å². The second-order valence-electron chi connectivity index (χ2n) is 16.2. The molecule has 4 bridgehead atoms. The maximum atomic E-state index is 6.20. The van der Waals surface area contributed by atoms with Crippen LogP contribution in [0.2, 0.25) is 10.0 Å². The fourth-order valence-electron chi connectivity index (χ4n) is 9.08. The number of fused-ring (bicyclic) bond motifs is 4. The molecule has 20 heteroatoms. The van der Waals surface area contributed by atoms with Gasteiger partial charge in [-0.1, -0.05) is 35.3 Å². The van der Waals surface area contributed by atoms with Crippen molar-refractivity contribution in [3.05, 3.63) is 93.7 Å². The van der Waals surface area contributed by atoms with E-state index in [-0.39, 0.29) is 0 Å². The number of anilines is 2. The largest absolute Gasteiger partial charge is 0.480 e. The third-order valence-electron chi connectivity index (χ3n) is 12.2. The fraction of sp³-hybridized carbons (Fsp3) is 0.442. The zero-order chi connectivity index (χ0) is 44.0. The van der Waals surface area contributed by atoms with Gasteiger partial charge in [-0.3, -0.25) is 0 Å². The van der Waals surface area contributed by atoms with Crippen LogP contribution in [0.5, 0.6) is 35.3 Å². The lowest BCUT2D eigenvalue weighted by atomic mass is 9.82. The van der Waals surface area contributed by atoms with Crippen LogP contribution < -0.4 is 34.5 Å². The van der Waals surface area contributed by atoms with Gasteiger partial charge in [0, 0.05) is 74.9 Å². The molecule has 4 fully saturated rings. The van der Waals surface area contributed by atoms with Crippen molar-refractivity contribution in [3.8, 4) is 35.3 Å². The summed E-state index contributed by atoms with van der Waals surface area (Å²) in [6, 6.07) is 19.6. The molecule has 6 heterocycles. The van der Waals surface area contributed by atoms with Crippen molar-refractivity contribution >= 4 is 50.5 Å². The molecular weight excluding hydrogens is 913 g/mol. The van der Waals surface area contributed by atoms with Gasteiger partial charge in [-0.15, -0.1) is 15.3 Å². The minimum absolute atomic E-state index is 0.392. The van der Waals surface area contributed by atoms with Crippen LogP contribution in [0, 0.1) is 29.6 Å². The number of halogens is 3. The van der Waals surface area contributed by atoms with Crippen LogP contribution in [0.3, 0.4) is 0 Å². The predicted molar refractivity (Wildman–Crippen MR) is 242 cm³/mol. The highest BCUT2D eigenvalue weighted by Gasteiger charge is 2.43. The van der Waals surface area contributed by atoms with Gasteiger partial charge in [0.1, 0.15) is 11.5 Å². The molecule has 2 aromatic carbocycles. The first-order chi connectivity index (χ1) is 30.5. The average molecular weight is 964 g/mol. The molecule has 4 unspecified atom stereocenters. The molecule has 6 aromatic rings. The number of benzene rings is 2. The summed E-state index contributed by atoms with van der Waals surface area (Å²) >= 11 is 15.0. The second-order valence-corrected chi connectivity index (χ2v) is 17.8. The first kappa shape index (κ1) is 44.3. The molecule has 332 valence electrons. The molecule has 0 radical (unpaired) electrons. The molecule has 2 aliphatic carbocycles. The smallest absolute Gasteiger partial charge is 0.321 e. The van der Waals surface area contributed by atoms with E-state index in [1.54, 1.807) is 56.4 Å². The van der Waals surface area contributed by atoms with Crippen LogP contribution in [0.25, 0.3) is 0 Å². The van der Waals surface area contributed by atoms with E-state index in [1.165, 1.54) is 30.4 Å². The summed E-state index contributed by atoms with van der Waals surface area (Å²) in [4.78, 5) is 13.5. The van der Waals surface area contributed by atoms with Crippen molar-refractivity contribution in [1.82, 2.24) is 49.9 Å². The second kappa shape index (κ2) is 20.0. The number of aromatic nitrogens is 10. The summed E-state index contributed by atoms with van der Waals surface area (Å²) in [6.07, 6.45) is 9.49. The Balaban J connectivity index is 0.000000143. The van der Waals surface area contributed by atoms with Gasteiger partial charge in [0.15, 0.2) is 5.82 Å². The summed E-state index contributed by atoms with van der Waals surface area (Å²) < 4.78 is 25.5. The Morgan fingerprint density at radius 1 is 0.667 bits per heavy atom. The Morgan fingerprint density at radius 2 is 1.14 bits per heavy atom. The fourth-order valence-corrected chi connectivity index (χ4v) is 9.83. The van der Waals surface area contributed by atoms with Gasteiger partial charge in [-0.2, -0.15) is 25.3 Å². The Kier molecular flexibility index (Phi) is 14.1. The van der Waals surface area contributed by atoms with E-state index in [0.717, 1.165) is 49.8 Å². The Labute approximate surface area is 384 Å². The van der Waals surface area contributed by atoms with Crippen molar-refractivity contribution in [2.45, 2.75) is 38.1 Å². The number of hydrogen-bond donors (Lipinski definition) is 1. The third kappa shape index (κ3) is 10.9. The highest BCUT2D eigenvalue weighted by molar-refractivity contribution is 9.10. The number of methoxy groups -OCH3 is 2. The lowest BCUT2D eigenvalue weighted by molar-refractivity contribution is 0.265. The molecule has 2 saturated heterocycles. The summed E-state index contributed by atoms with van der Waals surface area (Å²) in [5, 5.41) is 25.8. The summed E-state index contributed by atoms with van der Waals surface area (Å²) in [5.74, 6) is 6.31. The van der Waals surface area contributed by atoms with Crippen LogP contribution in [0.4, 0.5) is 11.4 Å². The number of aryl methyl sites for hydroxylation is 2. The summed E-state index contributed by atoms with van der Waals surface area (Å²) in [5.41, 5.74) is 8.38. The van der Waals surface area contributed by atoms with Crippen molar-refractivity contribution in [1.29, 1.82) is 0 Å². The summed E-state index contributed by atoms with van der Waals surface area (Å²) in [6.45, 7) is 4.09. The van der Waals surface area contributed by atoms with E-state index >= 15 is 0 Å². The van der Waals surface area contributed by atoms with Crippen LogP contribution in [0.1, 0.15) is 31.5 Å². The van der Waals surface area contributed by atoms with Crippen molar-refractivity contribution < 1.29 is 18.9 Å². The number of nitrogens with zero attached hydrogens (tertiary/aromatic N) is 12. The van der Waals surface area contributed by atoms with Gasteiger partial charge in [0.05, 0.1) is 38.0 Å². The topological polar surface area (TPSA) is 182 Å². The predicted octanol–water partition coefficient (Wildman–Crippen LogP) is 7.45. The van der Waals surface area contributed by atoms with Gasteiger partial charge in [0.25, 0.3) is 0 Å². The Hall–Kier alpha value is -5.30. The van der Waals surface area contributed by atoms with E-state index in [1.807, 2.05) is 49.6 Å².